The Morgan fingerprint density at radius 1 is 0.938 bits per heavy atom. The third-order valence-electron chi connectivity index (χ3n) is 5.54. The van der Waals surface area contributed by atoms with Crippen molar-refractivity contribution < 1.29 is 14.0 Å². The van der Waals surface area contributed by atoms with E-state index in [1.807, 2.05) is 37.7 Å². The predicted molar refractivity (Wildman–Crippen MR) is 130 cm³/mol. The SMILES string of the molecule is Cc1cc(CN2CCSCC2)ccc1NC(=O)c1ccc(C)c(NC(=O)c2ccco2)c1. The van der Waals surface area contributed by atoms with Gasteiger partial charge in [0.15, 0.2) is 5.76 Å². The monoisotopic (exact) mass is 449 g/mol. The first-order valence-electron chi connectivity index (χ1n) is 10.7. The van der Waals surface area contributed by atoms with Crippen LogP contribution in [-0.2, 0) is 6.54 Å². The molecule has 1 aromatic heterocycles. The Balaban J connectivity index is 1.43. The maximum absolute atomic E-state index is 12.9. The molecule has 2 heterocycles. The van der Waals surface area contributed by atoms with Crippen LogP contribution in [0, 0.1) is 13.8 Å². The van der Waals surface area contributed by atoms with E-state index >= 15 is 0 Å². The summed E-state index contributed by atoms with van der Waals surface area (Å²) in [5.74, 6) is 2.02. The minimum atomic E-state index is -0.352. The van der Waals surface area contributed by atoms with Gasteiger partial charge in [-0.3, -0.25) is 14.5 Å². The minimum Gasteiger partial charge on any atom is -0.459 e. The highest BCUT2D eigenvalue weighted by Gasteiger charge is 2.15. The molecule has 0 aliphatic carbocycles. The number of aryl methyl sites for hydroxylation is 2. The van der Waals surface area contributed by atoms with Crippen molar-refractivity contribution in [3.8, 4) is 0 Å². The number of furan rings is 1. The maximum atomic E-state index is 12.9. The molecule has 32 heavy (non-hydrogen) atoms. The zero-order valence-electron chi connectivity index (χ0n) is 18.3. The van der Waals surface area contributed by atoms with E-state index in [9.17, 15) is 9.59 Å². The molecule has 1 saturated heterocycles. The molecule has 1 fully saturated rings. The molecule has 1 aliphatic rings. The van der Waals surface area contributed by atoms with Crippen LogP contribution in [0.25, 0.3) is 0 Å². The summed E-state index contributed by atoms with van der Waals surface area (Å²) in [4.78, 5) is 27.7. The molecule has 2 N–H and O–H groups in total. The Hall–Kier alpha value is -3.03. The summed E-state index contributed by atoms with van der Waals surface area (Å²) < 4.78 is 5.14. The lowest BCUT2D eigenvalue weighted by molar-refractivity contribution is 0.0993. The van der Waals surface area contributed by atoms with Crippen molar-refractivity contribution >= 4 is 35.0 Å². The number of anilines is 2. The molecule has 6 nitrogen and oxygen atoms in total. The number of amides is 2. The first-order chi connectivity index (χ1) is 15.5. The van der Waals surface area contributed by atoms with E-state index < -0.39 is 0 Å². The number of rotatable bonds is 6. The molecule has 0 bridgehead atoms. The Labute approximate surface area is 192 Å². The van der Waals surface area contributed by atoms with Crippen LogP contribution in [0.5, 0.6) is 0 Å². The summed E-state index contributed by atoms with van der Waals surface area (Å²) in [5.41, 5.74) is 4.98. The normalized spacial score (nSPS) is 14.2. The minimum absolute atomic E-state index is 0.220. The summed E-state index contributed by atoms with van der Waals surface area (Å²) in [5, 5.41) is 5.81. The van der Waals surface area contributed by atoms with E-state index in [2.05, 4.69) is 27.7 Å². The van der Waals surface area contributed by atoms with Crippen LogP contribution in [0.4, 0.5) is 11.4 Å². The van der Waals surface area contributed by atoms with E-state index in [1.54, 1.807) is 24.3 Å². The molecule has 0 saturated carbocycles. The third kappa shape index (κ3) is 5.41. The number of thioether (sulfide) groups is 1. The lowest BCUT2D eigenvalue weighted by Crippen LogP contribution is -2.31. The van der Waals surface area contributed by atoms with Crippen LogP contribution in [0.1, 0.15) is 37.6 Å². The summed E-state index contributed by atoms with van der Waals surface area (Å²) in [6, 6.07) is 14.7. The van der Waals surface area contributed by atoms with Gasteiger partial charge in [-0.05, 0) is 60.9 Å². The molecule has 0 atom stereocenters. The smallest absolute Gasteiger partial charge is 0.291 e. The van der Waals surface area contributed by atoms with Crippen molar-refractivity contribution in [2.45, 2.75) is 20.4 Å². The van der Waals surface area contributed by atoms with Gasteiger partial charge in [-0.25, -0.2) is 0 Å². The summed E-state index contributed by atoms with van der Waals surface area (Å²) >= 11 is 2.01. The molecule has 1 aliphatic heterocycles. The van der Waals surface area contributed by atoms with Gasteiger partial charge in [-0.1, -0.05) is 18.2 Å². The molecule has 0 spiro atoms. The lowest BCUT2D eigenvalue weighted by atomic mass is 10.1. The molecule has 7 heteroatoms. The second-order valence-electron chi connectivity index (χ2n) is 7.95. The van der Waals surface area contributed by atoms with Crippen molar-refractivity contribution in [3.05, 3.63) is 82.8 Å². The highest BCUT2D eigenvalue weighted by molar-refractivity contribution is 7.99. The predicted octanol–water partition coefficient (Wildman–Crippen LogP) is 4.95. The highest BCUT2D eigenvalue weighted by atomic mass is 32.2. The first kappa shape index (κ1) is 22.2. The number of benzene rings is 2. The van der Waals surface area contributed by atoms with Gasteiger partial charge < -0.3 is 15.1 Å². The molecule has 0 unspecified atom stereocenters. The number of carbonyl (C=O) groups is 2. The Bertz CT molecular complexity index is 1110. The molecule has 166 valence electrons. The van der Waals surface area contributed by atoms with Gasteiger partial charge in [0.25, 0.3) is 11.8 Å². The molecular formula is C25H27N3O3S. The van der Waals surface area contributed by atoms with Crippen molar-refractivity contribution in [3.63, 3.8) is 0 Å². The Morgan fingerprint density at radius 3 is 2.44 bits per heavy atom. The van der Waals surface area contributed by atoms with E-state index in [-0.39, 0.29) is 17.6 Å². The molecule has 3 aromatic rings. The van der Waals surface area contributed by atoms with Crippen LogP contribution < -0.4 is 10.6 Å². The van der Waals surface area contributed by atoms with Crippen molar-refractivity contribution in [1.29, 1.82) is 0 Å². The highest BCUT2D eigenvalue weighted by Crippen LogP contribution is 2.22. The second-order valence-corrected chi connectivity index (χ2v) is 9.18. The van der Waals surface area contributed by atoms with Crippen LogP contribution >= 0.6 is 11.8 Å². The number of nitrogens with zero attached hydrogens (tertiary/aromatic N) is 1. The zero-order chi connectivity index (χ0) is 22.5. The second kappa shape index (κ2) is 10.1. The Kier molecular flexibility index (Phi) is 6.97. The largest absolute Gasteiger partial charge is 0.459 e. The summed E-state index contributed by atoms with van der Waals surface area (Å²) in [7, 11) is 0. The molecule has 0 radical (unpaired) electrons. The van der Waals surface area contributed by atoms with Gasteiger partial charge in [-0.2, -0.15) is 11.8 Å². The van der Waals surface area contributed by atoms with Gasteiger partial charge in [0.1, 0.15) is 0 Å². The van der Waals surface area contributed by atoms with Gasteiger partial charge in [-0.15, -0.1) is 0 Å². The maximum Gasteiger partial charge on any atom is 0.291 e. The van der Waals surface area contributed by atoms with Crippen molar-refractivity contribution in [2.75, 3.05) is 35.2 Å². The van der Waals surface area contributed by atoms with E-state index in [0.29, 0.717) is 11.3 Å². The van der Waals surface area contributed by atoms with Crippen LogP contribution in [0.2, 0.25) is 0 Å². The molecular weight excluding hydrogens is 422 g/mol. The quantitative estimate of drug-likeness (QED) is 0.557. The first-order valence-corrected chi connectivity index (χ1v) is 11.8. The fraction of sp³-hybridized carbons (Fsp3) is 0.280. The van der Waals surface area contributed by atoms with Crippen LogP contribution in [0.3, 0.4) is 0 Å². The van der Waals surface area contributed by atoms with Gasteiger partial charge in [0, 0.05) is 48.1 Å². The van der Waals surface area contributed by atoms with E-state index in [1.165, 1.54) is 23.3 Å². The van der Waals surface area contributed by atoms with E-state index in [0.717, 1.165) is 36.4 Å². The zero-order valence-corrected chi connectivity index (χ0v) is 19.1. The third-order valence-corrected chi connectivity index (χ3v) is 6.48. The fourth-order valence-corrected chi connectivity index (χ4v) is 4.64. The van der Waals surface area contributed by atoms with Gasteiger partial charge >= 0.3 is 0 Å². The van der Waals surface area contributed by atoms with Crippen molar-refractivity contribution in [2.24, 2.45) is 0 Å². The topological polar surface area (TPSA) is 74.6 Å². The molecule has 2 aromatic carbocycles. The number of hydrogen-bond donors (Lipinski definition) is 2. The summed E-state index contributed by atoms with van der Waals surface area (Å²) in [6.45, 7) is 7.06. The summed E-state index contributed by atoms with van der Waals surface area (Å²) in [6.07, 6.45) is 1.45. The molecule has 2 amide bonds. The fourth-order valence-electron chi connectivity index (χ4n) is 3.67. The van der Waals surface area contributed by atoms with Crippen LogP contribution in [0.15, 0.2) is 59.2 Å². The number of nitrogens with one attached hydrogen (secondary N) is 2. The lowest BCUT2D eigenvalue weighted by Gasteiger charge is -2.26. The standard InChI is InChI=1S/C25H27N3O3S/c1-17-5-7-20(15-22(17)27-25(30)23-4-3-11-31-23)24(29)26-21-8-6-19(14-18(21)2)16-28-9-12-32-13-10-28/h3-8,11,14-15H,9-10,12-13,16H2,1-2H3,(H,26,29)(H,27,30). The Morgan fingerprint density at radius 2 is 1.72 bits per heavy atom. The van der Waals surface area contributed by atoms with Crippen LogP contribution in [-0.4, -0.2) is 41.3 Å². The van der Waals surface area contributed by atoms with E-state index in [4.69, 9.17) is 4.42 Å². The van der Waals surface area contributed by atoms with Crippen molar-refractivity contribution in [1.82, 2.24) is 4.90 Å². The average molecular weight is 450 g/mol. The average Bonchev–Trinajstić information content (AvgIpc) is 3.33. The number of carbonyl (C=O) groups excluding carboxylic acids is 2. The van der Waals surface area contributed by atoms with Gasteiger partial charge in [0.05, 0.1) is 6.26 Å². The molecule has 4 rings (SSSR count). The van der Waals surface area contributed by atoms with Gasteiger partial charge in [0.2, 0.25) is 0 Å². The number of hydrogen-bond acceptors (Lipinski definition) is 5.